The second-order valence-electron chi connectivity index (χ2n) is 4.88. The highest BCUT2D eigenvalue weighted by molar-refractivity contribution is 7.91. The minimum absolute atomic E-state index is 0.00481. The Bertz CT molecular complexity index is 613. The average Bonchev–Trinajstić information content (AvgIpc) is 2.38. The van der Waals surface area contributed by atoms with Crippen molar-refractivity contribution in [3.8, 4) is 5.75 Å². The molecule has 1 aliphatic heterocycles. The van der Waals surface area contributed by atoms with Crippen molar-refractivity contribution < 1.29 is 17.9 Å². The Kier molecular flexibility index (Phi) is 4.17. The number of hydrogen-bond acceptors (Lipinski definition) is 5. The van der Waals surface area contributed by atoms with Gasteiger partial charge in [-0.25, -0.2) is 8.42 Å². The molecule has 0 aromatic heterocycles. The fraction of sp³-hybridized carbons (Fsp3) is 0.462. The van der Waals surface area contributed by atoms with Crippen molar-refractivity contribution in [1.29, 1.82) is 0 Å². The first-order valence-electron chi connectivity index (χ1n) is 6.36. The molecule has 1 aliphatic rings. The molecule has 0 spiro atoms. The van der Waals surface area contributed by atoms with E-state index in [0.29, 0.717) is 29.8 Å². The summed E-state index contributed by atoms with van der Waals surface area (Å²) in [5.74, 6) is 0.319. The third-order valence-electron chi connectivity index (χ3n) is 3.29. The zero-order chi connectivity index (χ0) is 14.8. The number of amides is 1. The van der Waals surface area contributed by atoms with Crippen LogP contribution < -0.4 is 15.8 Å². The standard InChI is InChI=1S/C13H18N2O4S/c1-19-12-7-9(4-5-11(12)14)13(16)15-10-3-2-6-20(17,18)8-10/h4-5,7,10H,2-3,6,8,14H2,1H3,(H,15,16). The maximum absolute atomic E-state index is 12.1. The van der Waals surface area contributed by atoms with Gasteiger partial charge in [-0.15, -0.1) is 0 Å². The summed E-state index contributed by atoms with van der Waals surface area (Å²) in [6, 6.07) is 4.39. The molecular weight excluding hydrogens is 280 g/mol. The summed E-state index contributed by atoms with van der Waals surface area (Å²) in [5.41, 5.74) is 6.53. The van der Waals surface area contributed by atoms with Crippen LogP contribution in [0.3, 0.4) is 0 Å². The molecule has 1 aromatic carbocycles. The summed E-state index contributed by atoms with van der Waals surface area (Å²) in [5, 5.41) is 2.75. The first-order chi connectivity index (χ1) is 9.41. The van der Waals surface area contributed by atoms with Gasteiger partial charge in [-0.3, -0.25) is 4.79 Å². The molecule has 0 radical (unpaired) electrons. The molecule has 1 aromatic rings. The largest absolute Gasteiger partial charge is 0.495 e. The maximum Gasteiger partial charge on any atom is 0.251 e. The van der Waals surface area contributed by atoms with Crippen molar-refractivity contribution in [2.24, 2.45) is 0 Å². The molecule has 1 amide bonds. The second-order valence-corrected chi connectivity index (χ2v) is 7.11. The van der Waals surface area contributed by atoms with Crippen LogP contribution in [0.1, 0.15) is 23.2 Å². The zero-order valence-electron chi connectivity index (χ0n) is 11.3. The number of nitrogens with two attached hydrogens (primary N) is 1. The van der Waals surface area contributed by atoms with E-state index in [1.807, 2.05) is 0 Å². The Hall–Kier alpha value is -1.76. The van der Waals surface area contributed by atoms with Crippen LogP contribution in [-0.4, -0.2) is 39.0 Å². The van der Waals surface area contributed by atoms with Gasteiger partial charge in [0.2, 0.25) is 0 Å². The monoisotopic (exact) mass is 298 g/mol. The van der Waals surface area contributed by atoms with Crippen molar-refractivity contribution in [2.45, 2.75) is 18.9 Å². The number of carbonyl (C=O) groups is 1. The third-order valence-corrected chi connectivity index (χ3v) is 5.11. The number of hydrogen-bond donors (Lipinski definition) is 2. The van der Waals surface area contributed by atoms with Gasteiger partial charge in [0.1, 0.15) is 5.75 Å². The molecule has 1 fully saturated rings. The Labute approximate surface area is 118 Å². The van der Waals surface area contributed by atoms with Gasteiger partial charge in [-0.05, 0) is 31.0 Å². The minimum Gasteiger partial charge on any atom is -0.495 e. The highest BCUT2D eigenvalue weighted by Crippen LogP contribution is 2.22. The summed E-state index contributed by atoms with van der Waals surface area (Å²) in [4.78, 5) is 12.1. The van der Waals surface area contributed by atoms with Crippen LogP contribution in [0.2, 0.25) is 0 Å². The van der Waals surface area contributed by atoms with E-state index >= 15 is 0 Å². The molecule has 1 unspecified atom stereocenters. The van der Waals surface area contributed by atoms with E-state index in [2.05, 4.69) is 5.32 Å². The number of sulfone groups is 1. The lowest BCUT2D eigenvalue weighted by molar-refractivity contribution is 0.0938. The van der Waals surface area contributed by atoms with Crippen LogP contribution in [0.5, 0.6) is 5.75 Å². The van der Waals surface area contributed by atoms with Gasteiger partial charge >= 0.3 is 0 Å². The van der Waals surface area contributed by atoms with Crippen LogP contribution in [0.4, 0.5) is 5.69 Å². The fourth-order valence-electron chi connectivity index (χ4n) is 2.26. The van der Waals surface area contributed by atoms with Crippen LogP contribution in [0.15, 0.2) is 18.2 Å². The number of rotatable bonds is 3. The maximum atomic E-state index is 12.1. The van der Waals surface area contributed by atoms with E-state index in [1.165, 1.54) is 7.11 Å². The van der Waals surface area contributed by atoms with Crippen molar-refractivity contribution >= 4 is 21.4 Å². The first kappa shape index (κ1) is 14.6. The van der Waals surface area contributed by atoms with Gasteiger partial charge in [0.15, 0.2) is 9.84 Å². The lowest BCUT2D eigenvalue weighted by Crippen LogP contribution is -2.43. The topological polar surface area (TPSA) is 98.5 Å². The molecule has 2 rings (SSSR count). The van der Waals surface area contributed by atoms with E-state index in [1.54, 1.807) is 18.2 Å². The molecule has 0 saturated carbocycles. The SMILES string of the molecule is COc1cc(C(=O)NC2CCCS(=O)(=O)C2)ccc1N. The smallest absolute Gasteiger partial charge is 0.251 e. The van der Waals surface area contributed by atoms with Gasteiger partial charge in [0, 0.05) is 11.6 Å². The average molecular weight is 298 g/mol. The summed E-state index contributed by atoms with van der Waals surface area (Å²) in [7, 11) is -1.57. The van der Waals surface area contributed by atoms with Gasteiger partial charge in [0.05, 0.1) is 24.3 Å². The van der Waals surface area contributed by atoms with Crippen molar-refractivity contribution in [3.63, 3.8) is 0 Å². The van der Waals surface area contributed by atoms with Gasteiger partial charge < -0.3 is 15.8 Å². The molecule has 7 heteroatoms. The predicted octanol–water partition coefficient (Wildman–Crippen LogP) is 0.584. The summed E-state index contributed by atoms with van der Waals surface area (Å²) >= 11 is 0. The molecule has 3 N–H and O–H groups in total. The number of benzene rings is 1. The van der Waals surface area contributed by atoms with Gasteiger partial charge in [-0.1, -0.05) is 0 Å². The van der Waals surface area contributed by atoms with Crippen LogP contribution in [0, 0.1) is 0 Å². The summed E-state index contributed by atoms with van der Waals surface area (Å²) in [6.07, 6.45) is 1.26. The van der Waals surface area contributed by atoms with E-state index in [4.69, 9.17) is 10.5 Å². The molecule has 1 saturated heterocycles. The van der Waals surface area contributed by atoms with Crippen molar-refractivity contribution in [3.05, 3.63) is 23.8 Å². The molecular formula is C13H18N2O4S. The predicted molar refractivity (Wildman–Crippen MR) is 76.5 cm³/mol. The van der Waals surface area contributed by atoms with Gasteiger partial charge in [-0.2, -0.15) is 0 Å². The quantitative estimate of drug-likeness (QED) is 0.796. The Balaban J connectivity index is 2.08. The lowest BCUT2D eigenvalue weighted by atomic mass is 10.1. The third kappa shape index (κ3) is 3.41. The number of nitrogen functional groups attached to an aromatic ring is 1. The molecule has 0 aliphatic carbocycles. The first-order valence-corrected chi connectivity index (χ1v) is 8.18. The Morgan fingerprint density at radius 2 is 2.20 bits per heavy atom. The summed E-state index contributed by atoms with van der Waals surface area (Å²) in [6.45, 7) is 0. The number of nitrogens with one attached hydrogen (secondary N) is 1. The number of carbonyl (C=O) groups excluding carboxylic acids is 1. The highest BCUT2D eigenvalue weighted by atomic mass is 32.2. The number of methoxy groups -OCH3 is 1. The van der Waals surface area contributed by atoms with Crippen LogP contribution >= 0.6 is 0 Å². The normalized spacial score (nSPS) is 21.1. The second kappa shape index (κ2) is 5.70. The van der Waals surface area contributed by atoms with Crippen molar-refractivity contribution in [2.75, 3.05) is 24.3 Å². The molecule has 110 valence electrons. The van der Waals surface area contributed by atoms with Crippen molar-refractivity contribution in [1.82, 2.24) is 5.32 Å². The van der Waals surface area contributed by atoms with E-state index in [0.717, 1.165) is 0 Å². The fourth-order valence-corrected chi connectivity index (χ4v) is 3.89. The number of anilines is 1. The van der Waals surface area contributed by atoms with Crippen LogP contribution in [-0.2, 0) is 9.84 Å². The summed E-state index contributed by atoms with van der Waals surface area (Å²) < 4.78 is 28.1. The molecule has 0 bridgehead atoms. The lowest BCUT2D eigenvalue weighted by Gasteiger charge is -2.23. The number of ether oxygens (including phenoxy) is 1. The Morgan fingerprint density at radius 3 is 2.85 bits per heavy atom. The molecule has 20 heavy (non-hydrogen) atoms. The van der Waals surface area contributed by atoms with Gasteiger partial charge in [0.25, 0.3) is 5.91 Å². The Morgan fingerprint density at radius 1 is 1.45 bits per heavy atom. The molecule has 1 atom stereocenters. The minimum atomic E-state index is -3.04. The van der Waals surface area contributed by atoms with E-state index < -0.39 is 9.84 Å². The molecule has 1 heterocycles. The van der Waals surface area contributed by atoms with E-state index in [9.17, 15) is 13.2 Å². The zero-order valence-corrected chi connectivity index (χ0v) is 12.1. The van der Waals surface area contributed by atoms with E-state index in [-0.39, 0.29) is 23.5 Å². The highest BCUT2D eigenvalue weighted by Gasteiger charge is 2.26. The van der Waals surface area contributed by atoms with Crippen LogP contribution in [0.25, 0.3) is 0 Å². The molecule has 6 nitrogen and oxygen atoms in total.